The van der Waals surface area contributed by atoms with E-state index in [1.165, 1.54) is 10.9 Å². The maximum atomic E-state index is 5.99. The van der Waals surface area contributed by atoms with Gasteiger partial charge in [0.05, 0.1) is 6.10 Å². The van der Waals surface area contributed by atoms with Crippen LogP contribution in [-0.2, 0) is 4.74 Å². The molecule has 0 bridgehead atoms. The summed E-state index contributed by atoms with van der Waals surface area (Å²) in [5.74, 6) is 0.989. The summed E-state index contributed by atoms with van der Waals surface area (Å²) in [6, 6.07) is 8.78. The van der Waals surface area contributed by atoms with Crippen LogP contribution >= 0.6 is 0 Å². The molecule has 0 amide bonds. The summed E-state index contributed by atoms with van der Waals surface area (Å²) in [4.78, 5) is 0. The van der Waals surface area contributed by atoms with E-state index in [2.05, 4.69) is 24.4 Å². The minimum absolute atomic E-state index is 0.154. The van der Waals surface area contributed by atoms with Crippen molar-refractivity contribution >= 4 is 11.0 Å². The zero-order valence-electron chi connectivity index (χ0n) is 11.6. The van der Waals surface area contributed by atoms with E-state index in [-0.39, 0.29) is 6.10 Å². The van der Waals surface area contributed by atoms with E-state index in [0.29, 0.717) is 6.04 Å². The Hall–Kier alpha value is -1.32. The van der Waals surface area contributed by atoms with Crippen molar-refractivity contribution in [3.8, 4) is 0 Å². The summed E-state index contributed by atoms with van der Waals surface area (Å²) in [6.07, 6.45) is 2.28. The van der Waals surface area contributed by atoms with Gasteiger partial charge < -0.3 is 14.5 Å². The van der Waals surface area contributed by atoms with Gasteiger partial charge in [-0.2, -0.15) is 0 Å². The second-order valence-corrected chi connectivity index (χ2v) is 5.21. The van der Waals surface area contributed by atoms with Crippen molar-refractivity contribution in [2.24, 2.45) is 0 Å². The molecule has 3 heteroatoms. The van der Waals surface area contributed by atoms with Gasteiger partial charge in [0, 0.05) is 23.6 Å². The van der Waals surface area contributed by atoms with Crippen molar-refractivity contribution in [1.82, 2.24) is 5.32 Å². The largest absolute Gasteiger partial charge is 0.461 e. The van der Waals surface area contributed by atoms with Gasteiger partial charge in [-0.05, 0) is 32.4 Å². The quantitative estimate of drug-likeness (QED) is 0.915. The predicted octanol–water partition coefficient (Wildman–Crippen LogP) is 3.57. The highest BCUT2D eigenvalue weighted by molar-refractivity contribution is 5.82. The molecule has 1 aromatic carbocycles. The van der Waals surface area contributed by atoms with E-state index in [4.69, 9.17) is 9.15 Å². The molecule has 3 rings (SSSR count). The lowest BCUT2D eigenvalue weighted by atomic mass is 9.95. The fourth-order valence-electron chi connectivity index (χ4n) is 3.06. The van der Waals surface area contributed by atoms with Crippen LogP contribution < -0.4 is 5.32 Å². The molecule has 2 unspecified atom stereocenters. The molecule has 2 heterocycles. The van der Waals surface area contributed by atoms with Crippen LogP contribution in [0, 0.1) is 6.92 Å². The summed E-state index contributed by atoms with van der Waals surface area (Å²) >= 11 is 0. The van der Waals surface area contributed by atoms with Crippen molar-refractivity contribution in [3.05, 3.63) is 35.6 Å². The topological polar surface area (TPSA) is 34.4 Å². The molecule has 1 aromatic heterocycles. The van der Waals surface area contributed by atoms with E-state index < -0.39 is 0 Å². The van der Waals surface area contributed by atoms with Gasteiger partial charge in [0.15, 0.2) is 0 Å². The number of hydrogen-bond acceptors (Lipinski definition) is 3. The molecule has 1 aliphatic rings. The van der Waals surface area contributed by atoms with Gasteiger partial charge in [-0.15, -0.1) is 0 Å². The molecular weight excluding hydrogens is 238 g/mol. The van der Waals surface area contributed by atoms with Gasteiger partial charge in [-0.25, -0.2) is 0 Å². The van der Waals surface area contributed by atoms with Crippen LogP contribution in [0.4, 0.5) is 0 Å². The summed E-state index contributed by atoms with van der Waals surface area (Å²) < 4.78 is 11.8. The summed E-state index contributed by atoms with van der Waals surface area (Å²) in [6.45, 7) is 6.03. The molecule has 0 radical (unpaired) electrons. The Labute approximate surface area is 113 Å². The maximum absolute atomic E-state index is 5.99. The number of nitrogens with one attached hydrogen (secondary N) is 1. The number of furan rings is 1. The zero-order chi connectivity index (χ0) is 13.2. The molecule has 1 fully saturated rings. The van der Waals surface area contributed by atoms with Crippen LogP contribution in [0.25, 0.3) is 11.0 Å². The number of para-hydroxylation sites is 1. The molecule has 19 heavy (non-hydrogen) atoms. The van der Waals surface area contributed by atoms with Crippen molar-refractivity contribution in [3.63, 3.8) is 0 Å². The van der Waals surface area contributed by atoms with Crippen LogP contribution in [0.1, 0.15) is 37.2 Å². The first kappa shape index (κ1) is 12.7. The number of fused-ring (bicyclic) bond motifs is 1. The monoisotopic (exact) mass is 259 g/mol. The Balaban J connectivity index is 1.93. The van der Waals surface area contributed by atoms with Gasteiger partial charge >= 0.3 is 0 Å². The van der Waals surface area contributed by atoms with Crippen molar-refractivity contribution in [2.45, 2.75) is 38.8 Å². The number of aryl methyl sites for hydroxylation is 1. The summed E-state index contributed by atoms with van der Waals surface area (Å²) in [5.41, 5.74) is 2.20. The fraction of sp³-hybridized carbons (Fsp3) is 0.500. The Kier molecular flexibility index (Phi) is 3.58. The lowest BCUT2D eigenvalue weighted by Gasteiger charge is -2.30. The zero-order valence-corrected chi connectivity index (χ0v) is 11.6. The van der Waals surface area contributed by atoms with Crippen molar-refractivity contribution < 1.29 is 9.15 Å². The molecule has 1 aliphatic heterocycles. The fourth-order valence-corrected chi connectivity index (χ4v) is 3.06. The highest BCUT2D eigenvalue weighted by atomic mass is 16.5. The van der Waals surface area contributed by atoms with Crippen LogP contribution in [0.5, 0.6) is 0 Å². The average Bonchev–Trinajstić information content (AvgIpc) is 2.75. The van der Waals surface area contributed by atoms with E-state index in [9.17, 15) is 0 Å². The first-order valence-corrected chi connectivity index (χ1v) is 7.12. The standard InChI is InChI=1S/C16H21NO2/c1-3-17-12-8-9-18-15(10-12)16-11(2)19-14-7-5-4-6-13(14)16/h4-7,12,15,17H,3,8-10H2,1-2H3. The predicted molar refractivity (Wildman–Crippen MR) is 76.3 cm³/mol. The first-order valence-electron chi connectivity index (χ1n) is 7.12. The molecule has 2 aromatic rings. The molecule has 3 nitrogen and oxygen atoms in total. The molecule has 102 valence electrons. The molecule has 2 atom stereocenters. The van der Waals surface area contributed by atoms with Crippen molar-refractivity contribution in [1.29, 1.82) is 0 Å². The summed E-state index contributed by atoms with van der Waals surface area (Å²) in [7, 11) is 0. The van der Waals surface area contributed by atoms with E-state index >= 15 is 0 Å². The second-order valence-electron chi connectivity index (χ2n) is 5.21. The lowest BCUT2D eigenvalue weighted by molar-refractivity contribution is 0.000570. The molecule has 1 saturated heterocycles. The Morgan fingerprint density at radius 3 is 3.00 bits per heavy atom. The molecule has 1 N–H and O–H groups in total. The van der Waals surface area contributed by atoms with Crippen molar-refractivity contribution in [2.75, 3.05) is 13.2 Å². The number of ether oxygens (including phenoxy) is 1. The highest BCUT2D eigenvalue weighted by Gasteiger charge is 2.27. The van der Waals surface area contributed by atoms with E-state index in [1.807, 2.05) is 19.1 Å². The van der Waals surface area contributed by atoms with E-state index in [1.54, 1.807) is 0 Å². The normalized spacial score (nSPS) is 23.9. The average molecular weight is 259 g/mol. The Bertz CT molecular complexity index is 559. The second kappa shape index (κ2) is 5.35. The molecular formula is C16H21NO2. The van der Waals surface area contributed by atoms with Gasteiger partial charge in [-0.3, -0.25) is 0 Å². The van der Waals surface area contributed by atoms with Crippen LogP contribution in [0.3, 0.4) is 0 Å². The minimum atomic E-state index is 0.154. The highest BCUT2D eigenvalue weighted by Crippen LogP contribution is 2.36. The van der Waals surface area contributed by atoms with Crippen LogP contribution in [-0.4, -0.2) is 19.2 Å². The molecule has 0 saturated carbocycles. The van der Waals surface area contributed by atoms with E-state index in [0.717, 1.165) is 37.3 Å². The third kappa shape index (κ3) is 2.40. The third-order valence-electron chi connectivity index (χ3n) is 3.92. The Morgan fingerprint density at radius 1 is 1.32 bits per heavy atom. The number of rotatable bonds is 3. The first-order chi connectivity index (χ1) is 9.29. The van der Waals surface area contributed by atoms with Gasteiger partial charge in [0.25, 0.3) is 0 Å². The van der Waals surface area contributed by atoms with Gasteiger partial charge in [-0.1, -0.05) is 25.1 Å². The number of hydrogen-bond donors (Lipinski definition) is 1. The number of benzene rings is 1. The molecule has 0 spiro atoms. The lowest BCUT2D eigenvalue weighted by Crippen LogP contribution is -2.35. The SMILES string of the molecule is CCNC1CCOC(c2c(C)oc3ccccc23)C1. The van der Waals surface area contributed by atoms with Crippen LogP contribution in [0.2, 0.25) is 0 Å². The minimum Gasteiger partial charge on any atom is -0.461 e. The Morgan fingerprint density at radius 2 is 2.16 bits per heavy atom. The molecule has 0 aliphatic carbocycles. The smallest absolute Gasteiger partial charge is 0.134 e. The maximum Gasteiger partial charge on any atom is 0.134 e. The van der Waals surface area contributed by atoms with Gasteiger partial charge in [0.1, 0.15) is 11.3 Å². The third-order valence-corrected chi connectivity index (χ3v) is 3.92. The van der Waals surface area contributed by atoms with Crippen LogP contribution in [0.15, 0.2) is 28.7 Å². The van der Waals surface area contributed by atoms with Gasteiger partial charge in [0.2, 0.25) is 0 Å². The summed E-state index contributed by atoms with van der Waals surface area (Å²) in [5, 5.41) is 4.73.